The molecule has 1 aromatic heterocycles. The standard InChI is InChI=1S/C17H15N3S/c1-11-12(2)16(9-19)17(20-13(11)3)21-10-15-6-4-14(8-18)5-7-15/h4-7H,10H2,1-3H3. The van der Waals surface area contributed by atoms with Gasteiger partial charge >= 0.3 is 0 Å². The minimum atomic E-state index is 0.654. The molecule has 1 heterocycles. The molecule has 0 radical (unpaired) electrons. The van der Waals surface area contributed by atoms with Crippen LogP contribution in [-0.2, 0) is 5.75 Å². The maximum Gasteiger partial charge on any atom is 0.115 e. The van der Waals surface area contributed by atoms with Crippen molar-refractivity contribution in [3.8, 4) is 12.1 Å². The molecule has 0 unspecified atom stereocenters. The van der Waals surface area contributed by atoms with Crippen molar-refractivity contribution in [2.75, 3.05) is 0 Å². The topological polar surface area (TPSA) is 60.5 Å². The minimum absolute atomic E-state index is 0.654. The Hall–Kier alpha value is -2.30. The summed E-state index contributed by atoms with van der Waals surface area (Å²) in [4.78, 5) is 4.54. The smallest absolute Gasteiger partial charge is 0.115 e. The molecule has 0 fully saturated rings. The van der Waals surface area contributed by atoms with Gasteiger partial charge in [0.1, 0.15) is 11.1 Å². The molecule has 21 heavy (non-hydrogen) atoms. The Morgan fingerprint density at radius 1 is 1.00 bits per heavy atom. The van der Waals surface area contributed by atoms with Crippen LogP contribution in [0, 0.1) is 43.4 Å². The first-order valence-electron chi connectivity index (χ1n) is 6.56. The third-order valence-corrected chi connectivity index (χ3v) is 4.58. The molecule has 0 N–H and O–H groups in total. The average molecular weight is 293 g/mol. The van der Waals surface area contributed by atoms with Crippen LogP contribution >= 0.6 is 11.8 Å². The van der Waals surface area contributed by atoms with Gasteiger partial charge in [0.2, 0.25) is 0 Å². The zero-order valence-electron chi connectivity index (χ0n) is 12.3. The lowest BCUT2D eigenvalue weighted by Crippen LogP contribution is -1.99. The van der Waals surface area contributed by atoms with E-state index in [9.17, 15) is 5.26 Å². The molecule has 0 aliphatic carbocycles. The fourth-order valence-electron chi connectivity index (χ4n) is 1.97. The largest absolute Gasteiger partial charge is 0.245 e. The van der Waals surface area contributed by atoms with E-state index in [1.54, 1.807) is 23.9 Å². The van der Waals surface area contributed by atoms with Crippen molar-refractivity contribution < 1.29 is 0 Å². The van der Waals surface area contributed by atoms with Crippen LogP contribution in [-0.4, -0.2) is 4.98 Å². The van der Waals surface area contributed by atoms with E-state index in [1.807, 2.05) is 32.9 Å². The Morgan fingerprint density at radius 3 is 2.24 bits per heavy atom. The molecule has 4 heteroatoms. The summed E-state index contributed by atoms with van der Waals surface area (Å²) in [6.07, 6.45) is 0. The highest BCUT2D eigenvalue weighted by Crippen LogP contribution is 2.28. The van der Waals surface area contributed by atoms with Crippen molar-refractivity contribution in [3.05, 3.63) is 57.8 Å². The summed E-state index contributed by atoms with van der Waals surface area (Å²) in [7, 11) is 0. The number of hydrogen-bond donors (Lipinski definition) is 0. The van der Waals surface area contributed by atoms with Crippen molar-refractivity contribution in [3.63, 3.8) is 0 Å². The van der Waals surface area contributed by atoms with E-state index < -0.39 is 0 Å². The summed E-state index contributed by atoms with van der Waals surface area (Å²) < 4.78 is 0. The second kappa shape index (κ2) is 6.43. The second-order valence-corrected chi connectivity index (χ2v) is 5.80. The van der Waals surface area contributed by atoms with Crippen LogP contribution in [0.15, 0.2) is 29.3 Å². The number of rotatable bonds is 3. The lowest BCUT2D eigenvalue weighted by atomic mass is 10.1. The van der Waals surface area contributed by atoms with E-state index in [1.165, 1.54) is 0 Å². The molecular weight excluding hydrogens is 278 g/mol. The van der Waals surface area contributed by atoms with Gasteiger partial charge in [0.15, 0.2) is 0 Å². The van der Waals surface area contributed by atoms with Gasteiger partial charge in [0.25, 0.3) is 0 Å². The Labute approximate surface area is 129 Å². The molecule has 0 aliphatic heterocycles. The molecular formula is C17H15N3S. The summed E-state index contributed by atoms with van der Waals surface area (Å²) in [5.74, 6) is 0.731. The van der Waals surface area contributed by atoms with E-state index in [0.717, 1.165) is 33.2 Å². The molecule has 0 atom stereocenters. The first-order chi connectivity index (χ1) is 10.1. The monoisotopic (exact) mass is 293 g/mol. The highest BCUT2D eigenvalue weighted by molar-refractivity contribution is 7.98. The van der Waals surface area contributed by atoms with Crippen molar-refractivity contribution in [1.29, 1.82) is 10.5 Å². The zero-order chi connectivity index (χ0) is 15.4. The van der Waals surface area contributed by atoms with Crippen molar-refractivity contribution in [2.45, 2.75) is 31.6 Å². The maximum atomic E-state index is 9.34. The fourth-order valence-corrected chi connectivity index (χ4v) is 3.02. The van der Waals surface area contributed by atoms with E-state index in [4.69, 9.17) is 5.26 Å². The van der Waals surface area contributed by atoms with Gasteiger partial charge in [-0.3, -0.25) is 0 Å². The summed E-state index contributed by atoms with van der Waals surface area (Å²) in [5, 5.41) is 18.9. The second-order valence-electron chi connectivity index (χ2n) is 4.84. The third kappa shape index (κ3) is 3.24. The van der Waals surface area contributed by atoms with Gasteiger partial charge in [0, 0.05) is 11.4 Å². The van der Waals surface area contributed by atoms with Crippen LogP contribution < -0.4 is 0 Å². The highest BCUT2D eigenvalue weighted by Gasteiger charge is 2.12. The van der Waals surface area contributed by atoms with Crippen LogP contribution in [0.25, 0.3) is 0 Å². The van der Waals surface area contributed by atoms with Crippen LogP contribution in [0.5, 0.6) is 0 Å². The van der Waals surface area contributed by atoms with Gasteiger partial charge in [-0.05, 0) is 49.6 Å². The summed E-state index contributed by atoms with van der Waals surface area (Å²) in [6, 6.07) is 11.8. The summed E-state index contributed by atoms with van der Waals surface area (Å²) in [5.41, 5.74) is 5.48. The first kappa shape index (κ1) is 15.1. The number of aromatic nitrogens is 1. The zero-order valence-corrected chi connectivity index (χ0v) is 13.1. The molecule has 104 valence electrons. The number of benzene rings is 1. The van der Waals surface area contributed by atoms with Crippen molar-refractivity contribution in [1.82, 2.24) is 4.98 Å². The normalized spacial score (nSPS) is 9.95. The molecule has 2 rings (SSSR count). The number of nitrogens with zero attached hydrogens (tertiary/aromatic N) is 3. The quantitative estimate of drug-likeness (QED) is 0.801. The van der Waals surface area contributed by atoms with E-state index in [0.29, 0.717) is 11.1 Å². The Bertz CT molecular complexity index is 750. The molecule has 0 amide bonds. The summed E-state index contributed by atoms with van der Waals surface area (Å²) in [6.45, 7) is 5.93. The molecule has 0 bridgehead atoms. The Balaban J connectivity index is 2.24. The maximum absolute atomic E-state index is 9.34. The van der Waals surface area contributed by atoms with Crippen LogP contribution in [0.1, 0.15) is 33.5 Å². The Morgan fingerprint density at radius 2 is 1.67 bits per heavy atom. The molecule has 0 spiro atoms. The number of aryl methyl sites for hydroxylation is 1. The van der Waals surface area contributed by atoms with Gasteiger partial charge in [-0.25, -0.2) is 4.98 Å². The lowest BCUT2D eigenvalue weighted by molar-refractivity contribution is 0.998. The minimum Gasteiger partial charge on any atom is -0.245 e. The van der Waals surface area contributed by atoms with Gasteiger partial charge < -0.3 is 0 Å². The molecule has 0 aliphatic rings. The summed E-state index contributed by atoms with van der Waals surface area (Å²) >= 11 is 1.56. The molecule has 3 nitrogen and oxygen atoms in total. The predicted molar refractivity (Wildman–Crippen MR) is 83.9 cm³/mol. The van der Waals surface area contributed by atoms with Gasteiger partial charge in [-0.1, -0.05) is 12.1 Å². The molecule has 1 aromatic carbocycles. The first-order valence-corrected chi connectivity index (χ1v) is 7.55. The van der Waals surface area contributed by atoms with Gasteiger partial charge in [-0.2, -0.15) is 10.5 Å². The van der Waals surface area contributed by atoms with Gasteiger partial charge in [-0.15, -0.1) is 11.8 Å². The van der Waals surface area contributed by atoms with Crippen molar-refractivity contribution in [2.24, 2.45) is 0 Å². The SMILES string of the molecule is Cc1nc(SCc2ccc(C#N)cc2)c(C#N)c(C)c1C. The fraction of sp³-hybridized carbons (Fsp3) is 0.235. The lowest BCUT2D eigenvalue weighted by Gasteiger charge is -2.11. The number of pyridine rings is 1. The van der Waals surface area contributed by atoms with E-state index >= 15 is 0 Å². The van der Waals surface area contributed by atoms with Crippen LogP contribution in [0.3, 0.4) is 0 Å². The molecule has 0 saturated carbocycles. The van der Waals surface area contributed by atoms with Crippen LogP contribution in [0.2, 0.25) is 0 Å². The average Bonchev–Trinajstić information content (AvgIpc) is 2.51. The molecule has 0 saturated heterocycles. The third-order valence-electron chi connectivity index (χ3n) is 3.53. The van der Waals surface area contributed by atoms with E-state index in [2.05, 4.69) is 17.1 Å². The van der Waals surface area contributed by atoms with Crippen molar-refractivity contribution >= 4 is 11.8 Å². The highest BCUT2D eigenvalue weighted by atomic mass is 32.2. The molecule has 2 aromatic rings. The predicted octanol–water partition coefficient (Wildman–Crippen LogP) is 4.04. The van der Waals surface area contributed by atoms with Gasteiger partial charge in [0.05, 0.1) is 17.2 Å². The van der Waals surface area contributed by atoms with E-state index in [-0.39, 0.29) is 0 Å². The van der Waals surface area contributed by atoms with Crippen LogP contribution in [0.4, 0.5) is 0 Å². The number of nitriles is 2. The Kier molecular flexibility index (Phi) is 4.62. The number of thioether (sulfide) groups is 1. The number of hydrogen-bond acceptors (Lipinski definition) is 4.